The number of hydrogen-bond acceptors (Lipinski definition) is 8. The predicted molar refractivity (Wildman–Crippen MR) is 123 cm³/mol. The molecule has 0 aliphatic heterocycles. The Morgan fingerprint density at radius 1 is 1.05 bits per heavy atom. The van der Waals surface area contributed by atoms with Crippen LogP contribution in [0.5, 0.6) is 11.6 Å². The van der Waals surface area contributed by atoms with Crippen molar-refractivity contribution in [1.29, 1.82) is 0 Å². The number of amides is 2. The van der Waals surface area contributed by atoms with Gasteiger partial charge in [0.1, 0.15) is 11.7 Å². The number of nitrogens with one attached hydrogen (secondary N) is 1. The molecule has 3 heterocycles. The fourth-order valence-corrected chi connectivity index (χ4v) is 4.51. The third-order valence-electron chi connectivity index (χ3n) is 5.89. The van der Waals surface area contributed by atoms with E-state index in [1.807, 2.05) is 0 Å². The topological polar surface area (TPSA) is 155 Å². The first-order valence-corrected chi connectivity index (χ1v) is 12.8. The molecule has 0 saturated heterocycles. The number of fused-ring (bicyclic) bond motifs is 1. The van der Waals surface area contributed by atoms with E-state index in [-0.39, 0.29) is 21.9 Å². The number of aromatic nitrogens is 3. The summed E-state index contributed by atoms with van der Waals surface area (Å²) in [6.45, 7) is 0. The monoisotopic (exact) mass is 595 g/mol. The molecule has 3 aromatic rings. The van der Waals surface area contributed by atoms with E-state index in [9.17, 15) is 44.3 Å². The number of carbonyl (C=O) groups is 2. The Hall–Kier alpha value is -4.09. The van der Waals surface area contributed by atoms with Crippen LogP contribution < -0.4 is 20.0 Å². The first-order chi connectivity index (χ1) is 18.6. The summed E-state index contributed by atoms with van der Waals surface area (Å²) in [4.78, 5) is 31.8. The largest absolute Gasteiger partial charge is 0.534 e. The third kappa shape index (κ3) is 6.05. The van der Waals surface area contributed by atoms with Gasteiger partial charge < -0.3 is 20.0 Å². The van der Waals surface area contributed by atoms with Gasteiger partial charge in [0, 0.05) is 12.2 Å². The van der Waals surface area contributed by atoms with Gasteiger partial charge in [-0.05, 0) is 49.9 Å². The van der Waals surface area contributed by atoms with E-state index in [0.717, 1.165) is 6.07 Å². The molecular formula is C22H19F6N5O6S. The van der Waals surface area contributed by atoms with Crippen LogP contribution in [0, 0.1) is 0 Å². The van der Waals surface area contributed by atoms with Crippen LogP contribution in [0.3, 0.4) is 0 Å². The zero-order valence-corrected chi connectivity index (χ0v) is 20.8. The second kappa shape index (κ2) is 10.5. The minimum Gasteiger partial charge on any atom is -0.474 e. The molecule has 1 aliphatic carbocycles. The molecule has 1 saturated carbocycles. The van der Waals surface area contributed by atoms with Gasteiger partial charge in [0.2, 0.25) is 11.7 Å². The molecule has 216 valence electrons. The number of ether oxygens (including phenoxy) is 1. The minimum atomic E-state index is -6.16. The maximum absolute atomic E-state index is 13.6. The zero-order valence-electron chi connectivity index (χ0n) is 20.0. The molecule has 0 spiro atoms. The lowest BCUT2D eigenvalue weighted by atomic mass is 9.93. The van der Waals surface area contributed by atoms with Gasteiger partial charge in [-0.3, -0.25) is 14.0 Å². The molecule has 0 aromatic carbocycles. The normalized spacial score (nSPS) is 18.4. The van der Waals surface area contributed by atoms with E-state index in [4.69, 9.17) is 10.5 Å². The highest BCUT2D eigenvalue weighted by molar-refractivity contribution is 7.88. The van der Waals surface area contributed by atoms with Crippen LogP contribution in [-0.2, 0) is 16.3 Å². The summed E-state index contributed by atoms with van der Waals surface area (Å²) in [6, 6.07) is 3.92. The fourth-order valence-electron chi connectivity index (χ4n) is 4.07. The van der Waals surface area contributed by atoms with Gasteiger partial charge in [-0.1, -0.05) is 0 Å². The van der Waals surface area contributed by atoms with E-state index >= 15 is 0 Å². The smallest absolute Gasteiger partial charge is 0.474 e. The average molecular weight is 595 g/mol. The number of nitrogens with two attached hydrogens (primary N) is 1. The standard InChI is InChI=1S/C22H19F6N5O6S/c23-21(24,25)20-32-16(15-8-7-13(10-33(15)20)39-40(36,37)22(26,27)28)18(35)31-11-3-5-12(6-4-11)38-19-14(17(29)34)2-1-9-30-19/h1-2,7-12H,3-6H2,(H2,29,34)(H,31,35). The van der Waals surface area contributed by atoms with Crippen LogP contribution in [0.2, 0.25) is 0 Å². The first kappa shape index (κ1) is 28.9. The molecule has 0 atom stereocenters. The Kier molecular flexibility index (Phi) is 7.57. The molecule has 4 rings (SSSR count). The van der Waals surface area contributed by atoms with Gasteiger partial charge in [-0.25, -0.2) is 9.97 Å². The Labute approximate surface area is 221 Å². The maximum atomic E-state index is 13.6. The van der Waals surface area contributed by atoms with E-state index in [0.29, 0.717) is 37.9 Å². The first-order valence-electron chi connectivity index (χ1n) is 11.4. The highest BCUT2D eigenvalue weighted by atomic mass is 32.2. The summed E-state index contributed by atoms with van der Waals surface area (Å²) in [5.74, 6) is -4.42. The van der Waals surface area contributed by atoms with Crippen LogP contribution in [-0.4, -0.2) is 52.3 Å². The molecule has 40 heavy (non-hydrogen) atoms. The van der Waals surface area contributed by atoms with Gasteiger partial charge in [0.05, 0.1) is 11.7 Å². The van der Waals surface area contributed by atoms with E-state index in [1.54, 1.807) is 0 Å². The van der Waals surface area contributed by atoms with Gasteiger partial charge in [0.15, 0.2) is 11.4 Å². The molecule has 0 bridgehead atoms. The summed E-state index contributed by atoms with van der Waals surface area (Å²) in [5, 5.41) is 2.58. The van der Waals surface area contributed by atoms with Crippen molar-refractivity contribution in [1.82, 2.24) is 19.7 Å². The molecule has 0 radical (unpaired) electrons. The Morgan fingerprint density at radius 2 is 1.73 bits per heavy atom. The maximum Gasteiger partial charge on any atom is 0.534 e. The van der Waals surface area contributed by atoms with Crippen molar-refractivity contribution >= 4 is 27.4 Å². The number of rotatable bonds is 7. The third-order valence-corrected chi connectivity index (χ3v) is 6.87. The number of primary amides is 1. The molecule has 1 aliphatic rings. The van der Waals surface area contributed by atoms with Crippen LogP contribution in [0.1, 0.15) is 52.4 Å². The Balaban J connectivity index is 1.49. The number of halogens is 6. The second-order valence-corrected chi connectivity index (χ2v) is 10.2. The summed E-state index contributed by atoms with van der Waals surface area (Å²) in [7, 11) is -6.16. The number of nitrogens with zero attached hydrogens (tertiary/aromatic N) is 3. The van der Waals surface area contributed by atoms with Crippen molar-refractivity contribution in [3.05, 3.63) is 53.7 Å². The quantitative estimate of drug-likeness (QED) is 0.240. The van der Waals surface area contributed by atoms with Crippen molar-refractivity contribution in [2.75, 3.05) is 0 Å². The number of alkyl halides is 6. The number of carbonyl (C=O) groups excluding carboxylic acids is 2. The van der Waals surface area contributed by atoms with Crippen molar-refractivity contribution in [3.8, 4) is 11.6 Å². The lowest BCUT2D eigenvalue weighted by Gasteiger charge is -2.29. The van der Waals surface area contributed by atoms with Crippen LogP contribution in [0.25, 0.3) is 5.52 Å². The number of pyridine rings is 2. The highest BCUT2D eigenvalue weighted by Crippen LogP contribution is 2.33. The molecule has 18 heteroatoms. The highest BCUT2D eigenvalue weighted by Gasteiger charge is 2.48. The fraction of sp³-hybridized carbons (Fsp3) is 0.364. The van der Waals surface area contributed by atoms with Crippen LogP contribution >= 0.6 is 0 Å². The second-order valence-electron chi connectivity index (χ2n) is 8.67. The molecule has 11 nitrogen and oxygen atoms in total. The average Bonchev–Trinajstić information content (AvgIpc) is 3.24. The molecular weight excluding hydrogens is 576 g/mol. The lowest BCUT2D eigenvalue weighted by molar-refractivity contribution is -0.145. The summed E-state index contributed by atoms with van der Waals surface area (Å²) in [6.07, 6.45) is -2.29. The number of imidazole rings is 1. The van der Waals surface area contributed by atoms with Crippen molar-refractivity contribution in [3.63, 3.8) is 0 Å². The van der Waals surface area contributed by atoms with Gasteiger partial charge in [-0.2, -0.15) is 34.8 Å². The van der Waals surface area contributed by atoms with Gasteiger partial charge in [-0.15, -0.1) is 0 Å². The van der Waals surface area contributed by atoms with Crippen molar-refractivity contribution in [2.45, 2.75) is 49.5 Å². The molecule has 2 amide bonds. The van der Waals surface area contributed by atoms with E-state index < -0.39 is 62.4 Å². The summed E-state index contributed by atoms with van der Waals surface area (Å²) < 4.78 is 111. The number of hydrogen-bond donors (Lipinski definition) is 2. The molecule has 3 aromatic heterocycles. The van der Waals surface area contributed by atoms with Gasteiger partial charge >= 0.3 is 21.8 Å². The van der Waals surface area contributed by atoms with Crippen molar-refractivity contribution < 1.29 is 53.3 Å². The van der Waals surface area contributed by atoms with E-state index in [2.05, 4.69) is 19.5 Å². The molecule has 1 fully saturated rings. The minimum absolute atomic E-state index is 0.0537. The SMILES string of the molecule is NC(=O)c1cccnc1OC1CCC(NC(=O)c2nc(C(F)(F)F)n3cc(OS(=O)(=O)C(F)(F)F)ccc23)CC1. The van der Waals surface area contributed by atoms with Crippen LogP contribution in [0.4, 0.5) is 26.3 Å². The van der Waals surface area contributed by atoms with Crippen LogP contribution in [0.15, 0.2) is 36.7 Å². The molecule has 0 unspecified atom stereocenters. The lowest BCUT2D eigenvalue weighted by Crippen LogP contribution is -2.40. The Morgan fingerprint density at radius 3 is 2.33 bits per heavy atom. The summed E-state index contributed by atoms with van der Waals surface area (Å²) >= 11 is 0. The molecule has 3 N–H and O–H groups in total. The zero-order chi connectivity index (χ0) is 29.5. The predicted octanol–water partition coefficient (Wildman–Crippen LogP) is 3.20. The van der Waals surface area contributed by atoms with E-state index in [1.165, 1.54) is 18.3 Å². The summed E-state index contributed by atoms with van der Waals surface area (Å²) in [5.41, 5.74) is -1.55. The van der Waals surface area contributed by atoms with Gasteiger partial charge in [0.25, 0.3) is 11.8 Å². The Bertz CT molecular complexity index is 1550. The van der Waals surface area contributed by atoms with Crippen molar-refractivity contribution in [2.24, 2.45) is 5.73 Å².